The molecule has 2 rings (SSSR count). The van der Waals surface area contributed by atoms with Gasteiger partial charge in [-0.15, -0.1) is 0 Å². The summed E-state index contributed by atoms with van der Waals surface area (Å²) in [4.78, 5) is 0. The normalized spacial score (nSPS) is 11.3. The third-order valence-electron chi connectivity index (χ3n) is 3.01. The first kappa shape index (κ1) is 15.3. The molecular formula is C15H20ClNO3. The van der Waals surface area contributed by atoms with Crippen LogP contribution in [0.2, 0.25) is 5.02 Å². The number of methoxy groups -OCH3 is 1. The topological polar surface area (TPSA) is 32.6 Å². The zero-order valence-electron chi connectivity index (χ0n) is 11.7. The Bertz CT molecular complexity index is 527. The summed E-state index contributed by atoms with van der Waals surface area (Å²) in [7, 11) is 1.66. The Kier molecular flexibility index (Phi) is 6.33. The van der Waals surface area contributed by atoms with Crippen molar-refractivity contribution in [2.75, 3.05) is 40.1 Å². The van der Waals surface area contributed by atoms with Crippen LogP contribution in [0.15, 0.2) is 30.5 Å². The van der Waals surface area contributed by atoms with E-state index in [1.54, 1.807) is 7.11 Å². The highest BCUT2D eigenvalue weighted by atomic mass is 35.5. The first-order valence-electron chi connectivity index (χ1n) is 6.70. The van der Waals surface area contributed by atoms with E-state index < -0.39 is 0 Å². The lowest BCUT2D eigenvalue weighted by atomic mass is 10.2. The molecule has 0 atom stereocenters. The molecule has 0 unspecified atom stereocenters. The molecule has 0 aliphatic rings. The van der Waals surface area contributed by atoms with Gasteiger partial charge in [-0.2, -0.15) is 0 Å². The molecule has 0 fully saturated rings. The van der Waals surface area contributed by atoms with Crippen LogP contribution in [0.4, 0.5) is 0 Å². The van der Waals surface area contributed by atoms with Crippen molar-refractivity contribution in [3.8, 4) is 0 Å². The maximum Gasteiger partial charge on any atom is 0.0701 e. The number of nitrogens with zero attached hydrogens (tertiary/aromatic N) is 1. The molecule has 4 nitrogen and oxygen atoms in total. The Morgan fingerprint density at radius 3 is 2.55 bits per heavy atom. The summed E-state index contributed by atoms with van der Waals surface area (Å²) in [6, 6.07) is 7.98. The predicted molar refractivity (Wildman–Crippen MR) is 80.5 cm³/mol. The number of fused-ring (bicyclic) bond motifs is 1. The number of aromatic nitrogens is 1. The third kappa shape index (κ3) is 4.49. The maximum absolute atomic E-state index is 5.97. The average molecular weight is 298 g/mol. The van der Waals surface area contributed by atoms with Crippen LogP contribution in [-0.2, 0) is 20.8 Å². The van der Waals surface area contributed by atoms with Gasteiger partial charge in [0.05, 0.1) is 33.0 Å². The summed E-state index contributed by atoms with van der Waals surface area (Å²) in [5.74, 6) is 0. The molecule has 0 saturated heterocycles. The molecule has 0 aliphatic heterocycles. The molecule has 0 spiro atoms. The molecule has 0 aliphatic carbocycles. The lowest BCUT2D eigenvalue weighted by Gasteiger charge is -2.07. The van der Waals surface area contributed by atoms with Gasteiger partial charge >= 0.3 is 0 Å². The highest BCUT2D eigenvalue weighted by Gasteiger charge is 2.01. The van der Waals surface area contributed by atoms with Crippen LogP contribution >= 0.6 is 11.6 Å². The van der Waals surface area contributed by atoms with Gasteiger partial charge in [-0.25, -0.2) is 0 Å². The smallest absolute Gasteiger partial charge is 0.0701 e. The third-order valence-corrected chi connectivity index (χ3v) is 3.25. The number of hydrogen-bond acceptors (Lipinski definition) is 3. The van der Waals surface area contributed by atoms with Crippen LogP contribution < -0.4 is 0 Å². The van der Waals surface area contributed by atoms with E-state index in [0.29, 0.717) is 33.0 Å². The Labute approximate surface area is 124 Å². The molecule has 0 radical (unpaired) electrons. The number of hydrogen-bond donors (Lipinski definition) is 0. The summed E-state index contributed by atoms with van der Waals surface area (Å²) in [5, 5.41) is 1.92. The lowest BCUT2D eigenvalue weighted by molar-refractivity contribution is 0.0232. The SMILES string of the molecule is COCCOCCOCCn1ccc2cc(Cl)ccc21. The number of halogens is 1. The minimum atomic E-state index is 0.603. The monoisotopic (exact) mass is 297 g/mol. The molecular weight excluding hydrogens is 278 g/mol. The van der Waals surface area contributed by atoms with Crippen molar-refractivity contribution in [2.24, 2.45) is 0 Å². The van der Waals surface area contributed by atoms with Crippen molar-refractivity contribution in [1.29, 1.82) is 0 Å². The van der Waals surface area contributed by atoms with Gasteiger partial charge in [-0.1, -0.05) is 11.6 Å². The van der Waals surface area contributed by atoms with Crippen LogP contribution in [0, 0.1) is 0 Å². The molecule has 5 heteroatoms. The van der Waals surface area contributed by atoms with E-state index in [1.165, 1.54) is 5.52 Å². The van der Waals surface area contributed by atoms with Gasteiger partial charge in [0, 0.05) is 35.8 Å². The zero-order valence-corrected chi connectivity index (χ0v) is 12.4. The van der Waals surface area contributed by atoms with Crippen LogP contribution in [0.25, 0.3) is 10.9 Å². The Morgan fingerprint density at radius 1 is 1.00 bits per heavy atom. The largest absolute Gasteiger partial charge is 0.382 e. The molecule has 0 saturated carbocycles. The van der Waals surface area contributed by atoms with Crippen molar-refractivity contribution in [3.63, 3.8) is 0 Å². The van der Waals surface area contributed by atoms with Gasteiger partial charge in [-0.3, -0.25) is 0 Å². The number of benzene rings is 1. The fourth-order valence-corrected chi connectivity index (χ4v) is 2.17. The van der Waals surface area contributed by atoms with E-state index in [9.17, 15) is 0 Å². The average Bonchev–Trinajstić information content (AvgIpc) is 2.84. The fraction of sp³-hybridized carbons (Fsp3) is 0.467. The zero-order chi connectivity index (χ0) is 14.2. The van der Waals surface area contributed by atoms with Crippen molar-refractivity contribution in [3.05, 3.63) is 35.5 Å². The van der Waals surface area contributed by atoms with Crippen molar-refractivity contribution in [1.82, 2.24) is 4.57 Å². The van der Waals surface area contributed by atoms with Gasteiger partial charge in [0.2, 0.25) is 0 Å². The van der Waals surface area contributed by atoms with Gasteiger partial charge < -0.3 is 18.8 Å². The summed E-state index contributed by atoms with van der Waals surface area (Å²) in [6.07, 6.45) is 2.06. The Hall–Kier alpha value is -1.07. The van der Waals surface area contributed by atoms with E-state index in [-0.39, 0.29) is 0 Å². The second-order valence-corrected chi connectivity index (χ2v) is 4.87. The standard InChI is InChI=1S/C15H20ClNO3/c1-18-8-9-20-11-10-19-7-6-17-5-4-13-12-14(16)2-3-15(13)17/h2-5,12H,6-11H2,1H3. The Balaban J connectivity index is 1.68. The summed E-state index contributed by atoms with van der Waals surface area (Å²) in [5.41, 5.74) is 1.18. The van der Waals surface area contributed by atoms with Crippen molar-refractivity contribution in [2.45, 2.75) is 6.54 Å². The van der Waals surface area contributed by atoms with Gasteiger partial charge in [0.1, 0.15) is 0 Å². The number of ether oxygens (including phenoxy) is 3. The van der Waals surface area contributed by atoms with Crippen molar-refractivity contribution < 1.29 is 14.2 Å². The predicted octanol–water partition coefficient (Wildman–Crippen LogP) is 2.97. The minimum absolute atomic E-state index is 0.603. The Morgan fingerprint density at radius 2 is 1.75 bits per heavy atom. The summed E-state index contributed by atoms with van der Waals surface area (Å²) < 4.78 is 17.9. The number of rotatable bonds is 9. The highest BCUT2D eigenvalue weighted by molar-refractivity contribution is 6.31. The first-order valence-corrected chi connectivity index (χ1v) is 7.08. The molecule has 0 bridgehead atoms. The van der Waals surface area contributed by atoms with E-state index in [1.807, 2.05) is 18.2 Å². The van der Waals surface area contributed by atoms with E-state index in [2.05, 4.69) is 16.8 Å². The van der Waals surface area contributed by atoms with E-state index >= 15 is 0 Å². The van der Waals surface area contributed by atoms with Gasteiger partial charge in [-0.05, 0) is 24.3 Å². The molecule has 1 aromatic heterocycles. The second-order valence-electron chi connectivity index (χ2n) is 4.43. The molecule has 20 heavy (non-hydrogen) atoms. The fourth-order valence-electron chi connectivity index (χ4n) is 1.99. The van der Waals surface area contributed by atoms with E-state index in [0.717, 1.165) is 17.0 Å². The van der Waals surface area contributed by atoms with Crippen molar-refractivity contribution >= 4 is 22.5 Å². The summed E-state index contributed by atoms with van der Waals surface area (Å²) in [6.45, 7) is 3.93. The van der Waals surface area contributed by atoms with Crippen LogP contribution in [-0.4, -0.2) is 44.7 Å². The first-order chi connectivity index (χ1) is 9.81. The van der Waals surface area contributed by atoms with Crippen LogP contribution in [0.3, 0.4) is 0 Å². The molecule has 2 aromatic rings. The highest BCUT2D eigenvalue weighted by Crippen LogP contribution is 2.20. The lowest BCUT2D eigenvalue weighted by Crippen LogP contribution is -2.11. The summed E-state index contributed by atoms with van der Waals surface area (Å²) >= 11 is 5.97. The van der Waals surface area contributed by atoms with Crippen LogP contribution in [0.1, 0.15) is 0 Å². The second kappa shape index (κ2) is 8.27. The van der Waals surface area contributed by atoms with Crippen LogP contribution in [0.5, 0.6) is 0 Å². The van der Waals surface area contributed by atoms with Gasteiger partial charge in [0.25, 0.3) is 0 Å². The minimum Gasteiger partial charge on any atom is -0.382 e. The van der Waals surface area contributed by atoms with E-state index in [4.69, 9.17) is 25.8 Å². The molecule has 1 aromatic carbocycles. The maximum atomic E-state index is 5.97. The molecule has 1 heterocycles. The molecule has 0 N–H and O–H groups in total. The molecule has 110 valence electrons. The van der Waals surface area contributed by atoms with Gasteiger partial charge in [0.15, 0.2) is 0 Å². The molecule has 0 amide bonds. The quantitative estimate of drug-likeness (QED) is 0.667.